The maximum Gasteiger partial charge on any atom is 0.115 e. The molecule has 0 spiro atoms. The summed E-state index contributed by atoms with van der Waals surface area (Å²) < 4.78 is 5.69. The van der Waals surface area contributed by atoms with Gasteiger partial charge in [-0.1, -0.05) is 6.92 Å². The summed E-state index contributed by atoms with van der Waals surface area (Å²) in [6.07, 6.45) is 4.26. The molecule has 0 aromatic carbocycles. The van der Waals surface area contributed by atoms with E-state index in [1.807, 2.05) is 11.6 Å². The lowest BCUT2D eigenvalue weighted by atomic mass is 9.92. The van der Waals surface area contributed by atoms with Crippen molar-refractivity contribution in [2.45, 2.75) is 38.3 Å². The van der Waals surface area contributed by atoms with Gasteiger partial charge in [0.05, 0.1) is 11.6 Å². The van der Waals surface area contributed by atoms with Crippen molar-refractivity contribution in [1.82, 2.24) is 10.3 Å². The molecule has 1 fully saturated rings. The Morgan fingerprint density at radius 1 is 1.73 bits per heavy atom. The summed E-state index contributed by atoms with van der Waals surface area (Å²) in [7, 11) is 0. The Kier molecular flexibility index (Phi) is 3.38. The predicted molar refractivity (Wildman–Crippen MR) is 62.1 cm³/mol. The van der Waals surface area contributed by atoms with Crippen molar-refractivity contribution in [3.63, 3.8) is 0 Å². The first kappa shape index (κ1) is 11.0. The fourth-order valence-electron chi connectivity index (χ4n) is 2.12. The summed E-state index contributed by atoms with van der Waals surface area (Å²) in [5.74, 6) is 0. The van der Waals surface area contributed by atoms with Crippen LogP contribution in [0.5, 0.6) is 0 Å². The second-order valence-electron chi connectivity index (χ2n) is 4.00. The third-order valence-corrected chi connectivity index (χ3v) is 4.01. The maximum absolute atomic E-state index is 5.69. The fraction of sp³-hybridized carbons (Fsp3) is 0.727. The van der Waals surface area contributed by atoms with Gasteiger partial charge in [-0.05, 0) is 26.3 Å². The number of thiazole rings is 1. The SMILES string of the molecule is CCCNC1(c2nccs2)CCOC1C. The van der Waals surface area contributed by atoms with Gasteiger partial charge in [0.25, 0.3) is 0 Å². The highest BCUT2D eigenvalue weighted by atomic mass is 32.1. The van der Waals surface area contributed by atoms with Crippen LogP contribution in [0.2, 0.25) is 0 Å². The molecule has 1 aromatic rings. The first-order valence-corrected chi connectivity index (χ1v) is 6.44. The van der Waals surface area contributed by atoms with Crippen LogP contribution < -0.4 is 5.32 Å². The zero-order valence-corrected chi connectivity index (χ0v) is 10.1. The molecule has 2 rings (SSSR count). The number of ether oxygens (including phenoxy) is 1. The second kappa shape index (κ2) is 4.60. The minimum atomic E-state index is -0.0375. The molecule has 3 nitrogen and oxygen atoms in total. The monoisotopic (exact) mass is 226 g/mol. The van der Waals surface area contributed by atoms with Crippen LogP contribution in [-0.2, 0) is 10.3 Å². The molecule has 0 saturated carbocycles. The standard InChI is InChI=1S/C11H18N2OS/c1-3-5-13-11(4-7-14-9(11)2)10-12-6-8-15-10/h6,8-9,13H,3-5,7H2,1-2H3. The van der Waals surface area contributed by atoms with Crippen molar-refractivity contribution in [1.29, 1.82) is 0 Å². The van der Waals surface area contributed by atoms with Gasteiger partial charge in [-0.2, -0.15) is 0 Å². The average Bonchev–Trinajstić information content (AvgIpc) is 2.85. The minimum absolute atomic E-state index is 0.0375. The van der Waals surface area contributed by atoms with Gasteiger partial charge in [0.1, 0.15) is 5.01 Å². The maximum atomic E-state index is 5.69. The van der Waals surface area contributed by atoms with E-state index in [0.717, 1.165) is 26.0 Å². The van der Waals surface area contributed by atoms with Gasteiger partial charge in [0.15, 0.2) is 0 Å². The smallest absolute Gasteiger partial charge is 0.115 e. The number of nitrogens with one attached hydrogen (secondary N) is 1. The molecule has 2 unspecified atom stereocenters. The molecule has 15 heavy (non-hydrogen) atoms. The molecular weight excluding hydrogens is 208 g/mol. The van der Waals surface area contributed by atoms with Crippen LogP contribution >= 0.6 is 11.3 Å². The van der Waals surface area contributed by atoms with Crippen molar-refractivity contribution < 1.29 is 4.74 Å². The largest absolute Gasteiger partial charge is 0.376 e. The Morgan fingerprint density at radius 3 is 3.13 bits per heavy atom. The summed E-state index contributed by atoms with van der Waals surface area (Å²) in [6, 6.07) is 0. The summed E-state index contributed by atoms with van der Waals surface area (Å²) in [6.45, 7) is 6.17. The van der Waals surface area contributed by atoms with E-state index in [1.54, 1.807) is 11.3 Å². The van der Waals surface area contributed by atoms with Crippen LogP contribution in [0.4, 0.5) is 0 Å². The molecule has 2 atom stereocenters. The summed E-state index contributed by atoms with van der Waals surface area (Å²) >= 11 is 1.72. The number of hydrogen-bond donors (Lipinski definition) is 1. The van der Waals surface area contributed by atoms with Crippen LogP contribution in [0.25, 0.3) is 0 Å². The van der Waals surface area contributed by atoms with Crippen molar-refractivity contribution in [3.8, 4) is 0 Å². The molecule has 1 aromatic heterocycles. The average molecular weight is 226 g/mol. The Balaban J connectivity index is 2.23. The normalized spacial score (nSPS) is 30.9. The molecule has 1 aliphatic rings. The van der Waals surface area contributed by atoms with Gasteiger partial charge in [-0.3, -0.25) is 0 Å². The van der Waals surface area contributed by atoms with E-state index in [9.17, 15) is 0 Å². The van der Waals surface area contributed by atoms with Gasteiger partial charge in [0.2, 0.25) is 0 Å². The molecule has 1 aliphatic heterocycles. The fourth-order valence-corrected chi connectivity index (χ4v) is 3.05. The summed E-state index contributed by atoms with van der Waals surface area (Å²) in [5.41, 5.74) is -0.0375. The van der Waals surface area contributed by atoms with E-state index in [1.165, 1.54) is 5.01 Å². The van der Waals surface area contributed by atoms with E-state index >= 15 is 0 Å². The molecule has 1 N–H and O–H groups in total. The second-order valence-corrected chi connectivity index (χ2v) is 4.89. The zero-order valence-electron chi connectivity index (χ0n) is 9.32. The van der Waals surface area contributed by atoms with Crippen LogP contribution in [0.15, 0.2) is 11.6 Å². The van der Waals surface area contributed by atoms with E-state index < -0.39 is 0 Å². The van der Waals surface area contributed by atoms with Crippen molar-refractivity contribution >= 4 is 11.3 Å². The van der Waals surface area contributed by atoms with Gasteiger partial charge in [-0.15, -0.1) is 11.3 Å². The van der Waals surface area contributed by atoms with Crippen LogP contribution in [0.3, 0.4) is 0 Å². The highest BCUT2D eigenvalue weighted by Crippen LogP contribution is 2.36. The van der Waals surface area contributed by atoms with E-state index in [-0.39, 0.29) is 11.6 Å². The van der Waals surface area contributed by atoms with Crippen molar-refractivity contribution in [2.24, 2.45) is 0 Å². The third-order valence-electron chi connectivity index (χ3n) is 3.06. The molecule has 0 bridgehead atoms. The Morgan fingerprint density at radius 2 is 2.60 bits per heavy atom. The minimum Gasteiger partial charge on any atom is -0.376 e. The lowest BCUT2D eigenvalue weighted by Gasteiger charge is -2.31. The lowest BCUT2D eigenvalue weighted by Crippen LogP contribution is -2.47. The summed E-state index contributed by atoms with van der Waals surface area (Å²) in [4.78, 5) is 4.45. The molecule has 2 heterocycles. The molecule has 84 valence electrons. The Bertz CT molecular complexity index is 302. The van der Waals surface area contributed by atoms with Crippen LogP contribution in [0.1, 0.15) is 31.7 Å². The zero-order chi connectivity index (χ0) is 10.7. The summed E-state index contributed by atoms with van der Waals surface area (Å²) in [5, 5.41) is 6.82. The first-order valence-electron chi connectivity index (χ1n) is 5.56. The Labute approximate surface area is 94.9 Å². The third kappa shape index (κ3) is 1.94. The predicted octanol–water partition coefficient (Wildman–Crippen LogP) is 2.15. The quantitative estimate of drug-likeness (QED) is 0.854. The topological polar surface area (TPSA) is 34.2 Å². The lowest BCUT2D eigenvalue weighted by molar-refractivity contribution is 0.0819. The molecular formula is C11H18N2OS. The van der Waals surface area contributed by atoms with Gasteiger partial charge in [0, 0.05) is 18.2 Å². The molecule has 1 saturated heterocycles. The highest BCUT2D eigenvalue weighted by molar-refractivity contribution is 7.09. The highest BCUT2D eigenvalue weighted by Gasteiger charge is 2.44. The van der Waals surface area contributed by atoms with E-state index in [4.69, 9.17) is 4.74 Å². The van der Waals surface area contributed by atoms with Gasteiger partial charge >= 0.3 is 0 Å². The number of aromatic nitrogens is 1. The van der Waals surface area contributed by atoms with Crippen molar-refractivity contribution in [2.75, 3.05) is 13.2 Å². The Hall–Kier alpha value is -0.450. The number of hydrogen-bond acceptors (Lipinski definition) is 4. The van der Waals surface area contributed by atoms with E-state index in [2.05, 4.69) is 24.1 Å². The number of nitrogens with zero attached hydrogens (tertiary/aromatic N) is 1. The molecule has 4 heteroatoms. The van der Waals surface area contributed by atoms with Crippen LogP contribution in [0, 0.1) is 0 Å². The van der Waals surface area contributed by atoms with Crippen LogP contribution in [-0.4, -0.2) is 24.2 Å². The molecule has 0 aliphatic carbocycles. The van der Waals surface area contributed by atoms with Crippen molar-refractivity contribution in [3.05, 3.63) is 16.6 Å². The van der Waals surface area contributed by atoms with E-state index in [0.29, 0.717) is 0 Å². The number of rotatable bonds is 4. The molecule has 0 amide bonds. The van der Waals surface area contributed by atoms with Gasteiger partial charge in [-0.25, -0.2) is 4.98 Å². The van der Waals surface area contributed by atoms with Gasteiger partial charge < -0.3 is 10.1 Å². The first-order chi connectivity index (χ1) is 7.29. The molecule has 0 radical (unpaired) electrons.